The number of likely N-dealkylation sites (N-methyl/N-ethyl adjacent to an activating group) is 1. The highest BCUT2D eigenvalue weighted by Gasteiger charge is 2.15. The van der Waals surface area contributed by atoms with E-state index in [4.69, 9.17) is 23.2 Å². The molecule has 2 rings (SSSR count). The number of nitrogens with one attached hydrogen (secondary N) is 2. The van der Waals surface area contributed by atoms with Gasteiger partial charge in [-0.3, -0.25) is 4.79 Å². The first-order valence-electron chi connectivity index (χ1n) is 8.17. The Morgan fingerprint density at radius 3 is 2.31 bits per heavy atom. The molecule has 2 aromatic carbocycles. The smallest absolute Gasteiger partial charge is 0.322 e. The second-order valence-electron chi connectivity index (χ2n) is 5.91. The minimum Gasteiger partial charge on any atom is -0.324 e. The summed E-state index contributed by atoms with van der Waals surface area (Å²) in [5.74, 6) is -0.275. The van der Waals surface area contributed by atoms with Crippen molar-refractivity contribution in [3.05, 3.63) is 57.6 Å². The summed E-state index contributed by atoms with van der Waals surface area (Å²) in [6.07, 6.45) is 0.807. The monoisotopic (exact) mass is 393 g/mol. The Bertz CT molecular complexity index is 801. The fraction of sp³-hybridized carbons (Fsp3) is 0.263. The third kappa shape index (κ3) is 5.13. The molecule has 2 N–H and O–H groups in total. The topological polar surface area (TPSA) is 61.4 Å². The maximum absolute atomic E-state index is 12.3. The van der Waals surface area contributed by atoms with E-state index in [0.717, 1.165) is 23.2 Å². The largest absolute Gasteiger partial charge is 0.324 e. The van der Waals surface area contributed by atoms with Gasteiger partial charge in [-0.1, -0.05) is 48.3 Å². The maximum Gasteiger partial charge on any atom is 0.322 e. The molecule has 3 amide bonds. The number of halogens is 2. The summed E-state index contributed by atoms with van der Waals surface area (Å²) in [5.41, 5.74) is 3.01. The van der Waals surface area contributed by atoms with Crippen LogP contribution in [0.4, 0.5) is 16.2 Å². The molecular weight excluding hydrogens is 373 g/mol. The molecule has 0 heterocycles. The minimum absolute atomic E-state index is 0.0861. The molecule has 0 radical (unpaired) electrons. The Balaban J connectivity index is 1.97. The zero-order valence-electron chi connectivity index (χ0n) is 14.9. The number of rotatable bonds is 5. The van der Waals surface area contributed by atoms with Gasteiger partial charge in [-0.2, -0.15) is 0 Å². The molecule has 2 aromatic rings. The van der Waals surface area contributed by atoms with Crippen molar-refractivity contribution in [2.24, 2.45) is 0 Å². The Morgan fingerprint density at radius 1 is 1.08 bits per heavy atom. The van der Waals surface area contributed by atoms with Crippen LogP contribution in [0.5, 0.6) is 0 Å². The summed E-state index contributed by atoms with van der Waals surface area (Å²) < 4.78 is 0. The van der Waals surface area contributed by atoms with E-state index < -0.39 is 6.03 Å². The van der Waals surface area contributed by atoms with E-state index in [2.05, 4.69) is 10.6 Å². The standard InChI is InChI=1S/C19H21Cl2N3O2/c1-4-13-7-5-6-8-17(13)23-18(25)11-24(3)19(26)22-14-9-15(20)12(2)16(21)10-14/h5-10H,4,11H2,1-3H3,(H,22,26)(H,23,25). The van der Waals surface area contributed by atoms with Crippen LogP contribution in [0.15, 0.2) is 36.4 Å². The fourth-order valence-electron chi connectivity index (χ4n) is 2.36. The van der Waals surface area contributed by atoms with Crippen molar-refractivity contribution in [3.63, 3.8) is 0 Å². The molecule has 0 unspecified atom stereocenters. The Hall–Kier alpha value is -2.24. The highest BCUT2D eigenvalue weighted by molar-refractivity contribution is 6.36. The van der Waals surface area contributed by atoms with E-state index in [1.165, 1.54) is 11.9 Å². The Morgan fingerprint density at radius 2 is 1.69 bits per heavy atom. The fourth-order valence-corrected chi connectivity index (χ4v) is 2.85. The van der Waals surface area contributed by atoms with Gasteiger partial charge in [0.05, 0.1) is 0 Å². The molecule has 26 heavy (non-hydrogen) atoms. The van der Waals surface area contributed by atoms with E-state index in [-0.39, 0.29) is 12.5 Å². The number of nitrogens with zero attached hydrogens (tertiary/aromatic N) is 1. The lowest BCUT2D eigenvalue weighted by molar-refractivity contribution is -0.116. The number of para-hydroxylation sites is 1. The van der Waals surface area contributed by atoms with Gasteiger partial charge in [-0.15, -0.1) is 0 Å². The first-order chi connectivity index (χ1) is 12.3. The van der Waals surface area contributed by atoms with Crippen molar-refractivity contribution in [3.8, 4) is 0 Å². The van der Waals surface area contributed by atoms with Crippen LogP contribution < -0.4 is 10.6 Å². The van der Waals surface area contributed by atoms with Gasteiger partial charge < -0.3 is 15.5 Å². The van der Waals surface area contributed by atoms with Gasteiger partial charge in [-0.25, -0.2) is 4.79 Å². The van der Waals surface area contributed by atoms with Crippen LogP contribution in [0, 0.1) is 6.92 Å². The molecule has 0 aliphatic rings. The maximum atomic E-state index is 12.3. The second-order valence-corrected chi connectivity index (χ2v) is 6.72. The zero-order chi connectivity index (χ0) is 19.3. The molecule has 0 aliphatic heterocycles. The number of urea groups is 1. The SMILES string of the molecule is CCc1ccccc1NC(=O)CN(C)C(=O)Nc1cc(Cl)c(C)c(Cl)c1. The van der Waals surface area contributed by atoms with Crippen molar-refractivity contribution < 1.29 is 9.59 Å². The Kier molecular flexibility index (Phi) is 6.89. The van der Waals surface area contributed by atoms with Gasteiger partial charge in [-0.05, 0) is 42.7 Å². The number of aryl methyl sites for hydroxylation is 1. The molecule has 0 fully saturated rings. The van der Waals surface area contributed by atoms with Gasteiger partial charge in [0.25, 0.3) is 0 Å². The molecule has 0 aromatic heterocycles. The summed E-state index contributed by atoms with van der Waals surface area (Å²) in [4.78, 5) is 25.8. The van der Waals surface area contributed by atoms with Gasteiger partial charge in [0.15, 0.2) is 0 Å². The van der Waals surface area contributed by atoms with Gasteiger partial charge in [0.1, 0.15) is 6.54 Å². The van der Waals surface area contributed by atoms with Crippen molar-refractivity contribution >= 4 is 46.5 Å². The van der Waals surface area contributed by atoms with Gasteiger partial charge >= 0.3 is 6.03 Å². The number of carbonyl (C=O) groups is 2. The molecule has 0 atom stereocenters. The van der Waals surface area contributed by atoms with Gasteiger partial charge in [0.2, 0.25) is 5.91 Å². The predicted molar refractivity (Wildman–Crippen MR) is 107 cm³/mol. The second kappa shape index (κ2) is 8.92. The van der Waals surface area contributed by atoms with Crippen LogP contribution in [0.1, 0.15) is 18.1 Å². The van der Waals surface area contributed by atoms with E-state index in [9.17, 15) is 9.59 Å². The van der Waals surface area contributed by atoms with Crippen molar-refractivity contribution in [2.45, 2.75) is 20.3 Å². The molecule has 5 nitrogen and oxygen atoms in total. The first-order valence-corrected chi connectivity index (χ1v) is 8.93. The van der Waals surface area contributed by atoms with E-state index in [1.807, 2.05) is 31.2 Å². The van der Waals surface area contributed by atoms with Gasteiger partial charge in [0, 0.05) is 28.5 Å². The number of carbonyl (C=O) groups excluding carboxylic acids is 2. The summed E-state index contributed by atoms with van der Waals surface area (Å²) in [6.45, 7) is 3.72. The summed E-state index contributed by atoms with van der Waals surface area (Å²) in [5, 5.41) is 6.44. The quantitative estimate of drug-likeness (QED) is 0.753. The third-order valence-electron chi connectivity index (χ3n) is 3.93. The minimum atomic E-state index is -0.431. The van der Waals surface area contributed by atoms with Crippen LogP contribution >= 0.6 is 23.2 Å². The first kappa shape index (κ1) is 20.1. The molecule has 0 spiro atoms. The third-order valence-corrected chi connectivity index (χ3v) is 4.72. The van der Waals surface area contributed by atoms with E-state index in [1.54, 1.807) is 19.1 Å². The van der Waals surface area contributed by atoms with Crippen molar-refractivity contribution in [1.29, 1.82) is 0 Å². The molecule has 0 saturated carbocycles. The van der Waals surface area contributed by atoms with E-state index in [0.29, 0.717) is 15.7 Å². The van der Waals surface area contributed by atoms with Crippen molar-refractivity contribution in [2.75, 3.05) is 24.2 Å². The van der Waals surface area contributed by atoms with Crippen LogP contribution in [0.3, 0.4) is 0 Å². The summed E-state index contributed by atoms with van der Waals surface area (Å²) in [6, 6.07) is 10.4. The molecule has 138 valence electrons. The lowest BCUT2D eigenvalue weighted by Gasteiger charge is -2.18. The predicted octanol–water partition coefficient (Wildman–Crippen LogP) is 4.97. The van der Waals surface area contributed by atoms with Crippen LogP contribution in [0.2, 0.25) is 10.0 Å². The average Bonchev–Trinajstić information content (AvgIpc) is 2.59. The Labute approximate surface area is 163 Å². The molecular formula is C19H21Cl2N3O2. The highest BCUT2D eigenvalue weighted by atomic mass is 35.5. The van der Waals surface area contributed by atoms with Crippen LogP contribution in [-0.4, -0.2) is 30.4 Å². The zero-order valence-corrected chi connectivity index (χ0v) is 16.4. The van der Waals surface area contributed by atoms with E-state index >= 15 is 0 Å². The van der Waals surface area contributed by atoms with Crippen LogP contribution in [0.25, 0.3) is 0 Å². The lowest BCUT2D eigenvalue weighted by Crippen LogP contribution is -2.37. The summed E-state index contributed by atoms with van der Waals surface area (Å²) >= 11 is 12.1. The highest BCUT2D eigenvalue weighted by Crippen LogP contribution is 2.28. The number of hydrogen-bond acceptors (Lipinski definition) is 2. The number of anilines is 2. The molecule has 0 aliphatic carbocycles. The molecule has 7 heteroatoms. The normalized spacial score (nSPS) is 10.3. The number of amides is 3. The van der Waals surface area contributed by atoms with Crippen LogP contribution in [-0.2, 0) is 11.2 Å². The molecule has 0 saturated heterocycles. The number of hydrogen-bond donors (Lipinski definition) is 2. The van der Waals surface area contributed by atoms with Crippen molar-refractivity contribution in [1.82, 2.24) is 4.90 Å². The summed E-state index contributed by atoms with van der Waals surface area (Å²) in [7, 11) is 1.54. The lowest BCUT2D eigenvalue weighted by atomic mass is 10.1. The number of benzene rings is 2. The molecule has 0 bridgehead atoms. The average molecular weight is 394 g/mol.